The van der Waals surface area contributed by atoms with Gasteiger partial charge in [-0.15, -0.1) is 0 Å². The Kier molecular flexibility index (Phi) is 6.04. The van der Waals surface area contributed by atoms with Gasteiger partial charge < -0.3 is 5.32 Å². The van der Waals surface area contributed by atoms with Crippen LogP contribution < -0.4 is 5.32 Å². The number of hydrogen-bond acceptors (Lipinski definition) is 2. The molecule has 1 N–H and O–H groups in total. The quantitative estimate of drug-likeness (QED) is 0.780. The summed E-state index contributed by atoms with van der Waals surface area (Å²) in [5.41, 5.74) is 1.55. The van der Waals surface area contributed by atoms with E-state index in [0.717, 1.165) is 30.1 Å². The standard InChI is InChI=1S/C17H25ClN2O/c1-3-4-5-13-6-8-14(9-7-13)17(21)20-15-10-11-16(18)19-12(15)2/h10-11,13-14H,3-9H2,1-2H3,(H,20,21). The summed E-state index contributed by atoms with van der Waals surface area (Å²) in [5.74, 6) is 1.11. The van der Waals surface area contributed by atoms with Crippen LogP contribution in [0.3, 0.4) is 0 Å². The Balaban J connectivity index is 1.84. The molecule has 1 amide bonds. The molecule has 1 aromatic rings. The van der Waals surface area contributed by atoms with E-state index in [1.54, 1.807) is 6.07 Å². The largest absolute Gasteiger partial charge is 0.324 e. The van der Waals surface area contributed by atoms with Crippen LogP contribution in [0.4, 0.5) is 5.69 Å². The molecule has 0 aliphatic heterocycles. The average molecular weight is 309 g/mol. The number of nitrogens with zero attached hydrogens (tertiary/aromatic N) is 1. The van der Waals surface area contributed by atoms with E-state index in [1.165, 1.54) is 32.1 Å². The average Bonchev–Trinajstić information content (AvgIpc) is 2.48. The van der Waals surface area contributed by atoms with Gasteiger partial charge in [0.1, 0.15) is 5.15 Å². The minimum absolute atomic E-state index is 0.135. The summed E-state index contributed by atoms with van der Waals surface area (Å²) in [4.78, 5) is 16.5. The number of carbonyl (C=O) groups is 1. The molecule has 0 radical (unpaired) electrons. The lowest BCUT2D eigenvalue weighted by Gasteiger charge is -2.27. The number of amides is 1. The fraction of sp³-hybridized carbons (Fsp3) is 0.647. The van der Waals surface area contributed by atoms with Gasteiger partial charge in [0.05, 0.1) is 11.4 Å². The predicted molar refractivity (Wildman–Crippen MR) is 87.6 cm³/mol. The number of aromatic nitrogens is 1. The first kappa shape index (κ1) is 16.3. The van der Waals surface area contributed by atoms with E-state index in [4.69, 9.17) is 11.6 Å². The van der Waals surface area contributed by atoms with Crippen molar-refractivity contribution in [1.82, 2.24) is 4.98 Å². The second-order valence-electron chi connectivity index (χ2n) is 6.12. The molecule has 0 aromatic carbocycles. The van der Waals surface area contributed by atoms with Gasteiger partial charge in [0.15, 0.2) is 0 Å². The third-order valence-corrected chi connectivity index (χ3v) is 4.70. The number of anilines is 1. The Morgan fingerprint density at radius 2 is 2.05 bits per heavy atom. The molecule has 1 heterocycles. The van der Waals surface area contributed by atoms with Gasteiger partial charge in [-0.3, -0.25) is 4.79 Å². The molecule has 1 aliphatic carbocycles. The van der Waals surface area contributed by atoms with E-state index in [-0.39, 0.29) is 11.8 Å². The zero-order valence-electron chi connectivity index (χ0n) is 13.0. The molecule has 0 unspecified atom stereocenters. The number of carbonyl (C=O) groups excluding carboxylic acids is 1. The van der Waals surface area contributed by atoms with Gasteiger partial charge in [-0.1, -0.05) is 37.8 Å². The maximum atomic E-state index is 12.4. The highest BCUT2D eigenvalue weighted by Crippen LogP contribution is 2.32. The molecule has 1 aromatic heterocycles. The number of hydrogen-bond donors (Lipinski definition) is 1. The fourth-order valence-electron chi connectivity index (χ4n) is 3.10. The normalized spacial score (nSPS) is 22.0. The lowest BCUT2D eigenvalue weighted by molar-refractivity contribution is -0.121. The van der Waals surface area contributed by atoms with Crippen molar-refractivity contribution in [2.75, 3.05) is 5.32 Å². The van der Waals surface area contributed by atoms with Crippen LogP contribution in [0.1, 0.15) is 57.6 Å². The second kappa shape index (κ2) is 7.79. The maximum Gasteiger partial charge on any atom is 0.227 e. The molecule has 116 valence electrons. The molecule has 4 heteroatoms. The lowest BCUT2D eigenvalue weighted by Crippen LogP contribution is -2.27. The van der Waals surface area contributed by atoms with Gasteiger partial charge in [-0.05, 0) is 50.7 Å². The van der Waals surface area contributed by atoms with E-state index < -0.39 is 0 Å². The van der Waals surface area contributed by atoms with E-state index in [2.05, 4.69) is 17.2 Å². The molecule has 0 bridgehead atoms. The van der Waals surface area contributed by atoms with Crippen molar-refractivity contribution in [2.24, 2.45) is 11.8 Å². The molecule has 1 fully saturated rings. The highest BCUT2D eigenvalue weighted by molar-refractivity contribution is 6.29. The Morgan fingerprint density at radius 1 is 1.33 bits per heavy atom. The summed E-state index contributed by atoms with van der Waals surface area (Å²) < 4.78 is 0. The van der Waals surface area contributed by atoms with Crippen molar-refractivity contribution in [3.8, 4) is 0 Å². The summed E-state index contributed by atoms with van der Waals surface area (Å²) in [6.45, 7) is 4.10. The molecular formula is C17H25ClN2O. The number of aryl methyl sites for hydroxylation is 1. The van der Waals surface area contributed by atoms with Crippen molar-refractivity contribution in [3.63, 3.8) is 0 Å². The van der Waals surface area contributed by atoms with Crippen LogP contribution in [0, 0.1) is 18.8 Å². The van der Waals surface area contributed by atoms with Gasteiger partial charge in [-0.2, -0.15) is 0 Å². The lowest BCUT2D eigenvalue weighted by atomic mass is 9.79. The van der Waals surface area contributed by atoms with E-state index >= 15 is 0 Å². The second-order valence-corrected chi connectivity index (χ2v) is 6.50. The van der Waals surface area contributed by atoms with E-state index in [1.807, 2.05) is 13.0 Å². The van der Waals surface area contributed by atoms with Crippen LogP contribution in [0.5, 0.6) is 0 Å². The molecule has 0 saturated heterocycles. The SMILES string of the molecule is CCCCC1CCC(C(=O)Nc2ccc(Cl)nc2C)CC1. The third-order valence-electron chi connectivity index (χ3n) is 4.49. The summed E-state index contributed by atoms with van der Waals surface area (Å²) in [5, 5.41) is 3.47. The van der Waals surface area contributed by atoms with Gasteiger partial charge in [0.2, 0.25) is 5.91 Å². The van der Waals surface area contributed by atoms with Crippen LogP contribution in [-0.2, 0) is 4.79 Å². The van der Waals surface area contributed by atoms with E-state index in [9.17, 15) is 4.79 Å². The third kappa shape index (κ3) is 4.70. The molecule has 3 nitrogen and oxygen atoms in total. The number of rotatable bonds is 5. The highest BCUT2D eigenvalue weighted by atomic mass is 35.5. The monoisotopic (exact) mass is 308 g/mol. The first-order valence-electron chi connectivity index (χ1n) is 8.04. The highest BCUT2D eigenvalue weighted by Gasteiger charge is 2.26. The van der Waals surface area contributed by atoms with Crippen LogP contribution in [0.2, 0.25) is 5.15 Å². The topological polar surface area (TPSA) is 42.0 Å². The smallest absolute Gasteiger partial charge is 0.227 e. The molecular weight excluding hydrogens is 284 g/mol. The zero-order chi connectivity index (χ0) is 15.2. The Labute approximate surface area is 132 Å². The number of nitrogens with one attached hydrogen (secondary N) is 1. The molecule has 0 spiro atoms. The summed E-state index contributed by atoms with van der Waals surface area (Å²) in [7, 11) is 0. The van der Waals surface area contributed by atoms with Crippen molar-refractivity contribution in [1.29, 1.82) is 0 Å². The Hall–Kier alpha value is -1.09. The Bertz CT molecular complexity index is 482. The van der Waals surface area contributed by atoms with Gasteiger partial charge >= 0.3 is 0 Å². The van der Waals surface area contributed by atoms with Crippen LogP contribution in [-0.4, -0.2) is 10.9 Å². The maximum absolute atomic E-state index is 12.4. The Morgan fingerprint density at radius 3 is 2.67 bits per heavy atom. The minimum atomic E-state index is 0.135. The molecule has 1 aliphatic rings. The van der Waals surface area contributed by atoms with Crippen molar-refractivity contribution in [2.45, 2.75) is 58.8 Å². The number of pyridine rings is 1. The first-order chi connectivity index (χ1) is 10.1. The van der Waals surface area contributed by atoms with Gasteiger partial charge in [0, 0.05) is 5.92 Å². The predicted octanol–water partition coefficient (Wildman–Crippen LogP) is 4.98. The van der Waals surface area contributed by atoms with Gasteiger partial charge in [0.25, 0.3) is 0 Å². The first-order valence-corrected chi connectivity index (χ1v) is 8.42. The minimum Gasteiger partial charge on any atom is -0.324 e. The van der Waals surface area contributed by atoms with E-state index in [0.29, 0.717) is 5.15 Å². The summed E-state index contributed by atoms with van der Waals surface area (Å²) in [6.07, 6.45) is 8.32. The van der Waals surface area contributed by atoms with Crippen LogP contribution in [0.15, 0.2) is 12.1 Å². The van der Waals surface area contributed by atoms with Crippen molar-refractivity contribution in [3.05, 3.63) is 23.0 Å². The van der Waals surface area contributed by atoms with Crippen molar-refractivity contribution < 1.29 is 4.79 Å². The number of unbranched alkanes of at least 4 members (excludes halogenated alkanes) is 1. The fourth-order valence-corrected chi connectivity index (χ4v) is 3.29. The molecule has 1 saturated carbocycles. The van der Waals surface area contributed by atoms with Crippen molar-refractivity contribution >= 4 is 23.2 Å². The molecule has 2 rings (SSSR count). The molecule has 0 atom stereocenters. The number of halogens is 1. The molecule has 21 heavy (non-hydrogen) atoms. The van der Waals surface area contributed by atoms with Gasteiger partial charge in [-0.25, -0.2) is 4.98 Å². The zero-order valence-corrected chi connectivity index (χ0v) is 13.7. The van der Waals surface area contributed by atoms with Crippen LogP contribution >= 0.6 is 11.6 Å². The van der Waals surface area contributed by atoms with Crippen LogP contribution in [0.25, 0.3) is 0 Å². The summed E-state index contributed by atoms with van der Waals surface area (Å²) in [6, 6.07) is 3.54. The summed E-state index contributed by atoms with van der Waals surface area (Å²) >= 11 is 5.84.